The van der Waals surface area contributed by atoms with Crippen molar-refractivity contribution in [2.24, 2.45) is 5.92 Å². The summed E-state index contributed by atoms with van der Waals surface area (Å²) in [4.78, 5) is 24.7. The maximum Gasteiger partial charge on any atom is 0.243 e. The fraction of sp³-hybridized carbons (Fsp3) is 0.643. The summed E-state index contributed by atoms with van der Waals surface area (Å²) in [7, 11) is 0. The van der Waals surface area contributed by atoms with Crippen molar-refractivity contribution in [2.75, 3.05) is 19.6 Å². The zero-order chi connectivity index (χ0) is 14.3. The molecule has 1 saturated heterocycles. The van der Waals surface area contributed by atoms with E-state index in [4.69, 9.17) is 5.26 Å². The summed E-state index contributed by atoms with van der Waals surface area (Å²) in [5, 5.41) is 11.4. The van der Waals surface area contributed by atoms with Crippen molar-refractivity contribution in [1.29, 1.82) is 5.26 Å². The Kier molecular flexibility index (Phi) is 6.07. The highest BCUT2D eigenvalue weighted by Gasteiger charge is 2.22. The van der Waals surface area contributed by atoms with Crippen molar-refractivity contribution in [3.63, 3.8) is 0 Å². The highest BCUT2D eigenvalue weighted by molar-refractivity contribution is 5.88. The minimum atomic E-state index is -0.0884. The number of carbonyl (C=O) groups is 2. The maximum absolute atomic E-state index is 11.5. The Hall–Kier alpha value is -1.83. The van der Waals surface area contributed by atoms with Crippen LogP contribution in [-0.4, -0.2) is 36.3 Å². The lowest BCUT2D eigenvalue weighted by Crippen LogP contribution is -2.41. The molecule has 19 heavy (non-hydrogen) atoms. The molecule has 1 aliphatic rings. The fourth-order valence-electron chi connectivity index (χ4n) is 2.12. The molecule has 2 amide bonds. The Morgan fingerprint density at radius 2 is 2.00 bits per heavy atom. The lowest BCUT2D eigenvalue weighted by atomic mass is 9.96. The first-order chi connectivity index (χ1) is 9.02. The summed E-state index contributed by atoms with van der Waals surface area (Å²) in [5.74, 6) is 0.276. The number of carbonyl (C=O) groups excluding carboxylic acids is 2. The SMILES string of the molecule is CC(C)=CC(=O)NCC1CCN(C(=O)CC#N)CC1. The molecule has 0 aliphatic carbocycles. The van der Waals surface area contributed by atoms with E-state index >= 15 is 0 Å². The Balaban J connectivity index is 2.27. The number of piperidine rings is 1. The van der Waals surface area contributed by atoms with E-state index in [9.17, 15) is 9.59 Å². The average molecular weight is 263 g/mol. The monoisotopic (exact) mass is 263 g/mol. The van der Waals surface area contributed by atoms with Gasteiger partial charge in [-0.3, -0.25) is 9.59 Å². The fourth-order valence-corrected chi connectivity index (χ4v) is 2.12. The summed E-state index contributed by atoms with van der Waals surface area (Å²) in [6.07, 6.45) is 3.31. The second kappa shape index (κ2) is 7.57. The van der Waals surface area contributed by atoms with Crippen molar-refractivity contribution in [3.8, 4) is 6.07 Å². The molecule has 0 aromatic carbocycles. The molecule has 1 N–H and O–H groups in total. The van der Waals surface area contributed by atoms with E-state index in [0.717, 1.165) is 18.4 Å². The standard InChI is InChI=1S/C14H21N3O2/c1-11(2)9-13(18)16-10-12-4-7-17(8-5-12)14(19)3-6-15/h9,12H,3-5,7-8,10H2,1-2H3,(H,16,18). The lowest BCUT2D eigenvalue weighted by Gasteiger charge is -2.31. The second-order valence-corrected chi connectivity index (χ2v) is 5.13. The topological polar surface area (TPSA) is 73.2 Å². The molecule has 0 unspecified atom stereocenters. The van der Waals surface area contributed by atoms with E-state index in [2.05, 4.69) is 5.32 Å². The second-order valence-electron chi connectivity index (χ2n) is 5.13. The third kappa shape index (κ3) is 5.56. The summed E-state index contributed by atoms with van der Waals surface area (Å²) in [6.45, 7) is 5.80. The molecule has 1 rings (SSSR count). The normalized spacial score (nSPS) is 15.5. The van der Waals surface area contributed by atoms with Crippen molar-refractivity contribution in [1.82, 2.24) is 10.2 Å². The highest BCUT2D eigenvalue weighted by atomic mass is 16.2. The van der Waals surface area contributed by atoms with Gasteiger partial charge in [0, 0.05) is 25.7 Å². The van der Waals surface area contributed by atoms with Crippen LogP contribution in [-0.2, 0) is 9.59 Å². The molecule has 5 nitrogen and oxygen atoms in total. The van der Waals surface area contributed by atoms with Gasteiger partial charge in [-0.25, -0.2) is 0 Å². The van der Waals surface area contributed by atoms with Crippen LogP contribution in [0.1, 0.15) is 33.1 Å². The maximum atomic E-state index is 11.5. The molecule has 104 valence electrons. The number of nitrogens with one attached hydrogen (secondary N) is 1. The number of allylic oxidation sites excluding steroid dienone is 1. The number of nitrogens with zero attached hydrogens (tertiary/aromatic N) is 2. The van der Waals surface area contributed by atoms with Crippen molar-refractivity contribution in [2.45, 2.75) is 33.1 Å². The number of nitriles is 1. The van der Waals surface area contributed by atoms with Crippen LogP contribution in [0.4, 0.5) is 0 Å². The minimum Gasteiger partial charge on any atom is -0.352 e. The van der Waals surface area contributed by atoms with Gasteiger partial charge in [0.25, 0.3) is 0 Å². The van der Waals surface area contributed by atoms with Gasteiger partial charge in [0.2, 0.25) is 11.8 Å². The average Bonchev–Trinajstić information content (AvgIpc) is 2.36. The van der Waals surface area contributed by atoms with Crippen LogP contribution in [0.5, 0.6) is 0 Å². The Morgan fingerprint density at radius 3 is 2.53 bits per heavy atom. The van der Waals surface area contributed by atoms with Gasteiger partial charge in [-0.05, 0) is 32.6 Å². The van der Waals surface area contributed by atoms with E-state index < -0.39 is 0 Å². The molecule has 0 bridgehead atoms. The van der Waals surface area contributed by atoms with Gasteiger partial charge in [-0.15, -0.1) is 0 Å². The predicted molar refractivity (Wildman–Crippen MR) is 72.0 cm³/mol. The van der Waals surface area contributed by atoms with Crippen molar-refractivity contribution < 1.29 is 9.59 Å². The van der Waals surface area contributed by atoms with E-state index in [1.807, 2.05) is 19.9 Å². The first-order valence-corrected chi connectivity index (χ1v) is 6.60. The molecular formula is C14H21N3O2. The number of likely N-dealkylation sites (tertiary alicyclic amines) is 1. The van der Waals surface area contributed by atoms with Crippen molar-refractivity contribution in [3.05, 3.63) is 11.6 Å². The van der Waals surface area contributed by atoms with Gasteiger partial charge in [0.15, 0.2) is 0 Å². The zero-order valence-corrected chi connectivity index (χ0v) is 11.6. The zero-order valence-electron chi connectivity index (χ0n) is 11.6. The smallest absolute Gasteiger partial charge is 0.243 e. The van der Waals surface area contributed by atoms with E-state index in [1.165, 1.54) is 0 Å². The summed E-state index contributed by atoms with van der Waals surface area (Å²) < 4.78 is 0. The summed E-state index contributed by atoms with van der Waals surface area (Å²) in [6, 6.07) is 1.88. The molecule has 1 heterocycles. The lowest BCUT2D eigenvalue weighted by molar-refractivity contribution is -0.131. The highest BCUT2D eigenvalue weighted by Crippen LogP contribution is 2.16. The molecule has 1 aliphatic heterocycles. The molecular weight excluding hydrogens is 242 g/mol. The molecule has 5 heteroatoms. The van der Waals surface area contributed by atoms with Gasteiger partial charge in [0.1, 0.15) is 6.42 Å². The van der Waals surface area contributed by atoms with E-state index in [1.54, 1.807) is 11.0 Å². The van der Waals surface area contributed by atoms with E-state index in [0.29, 0.717) is 25.6 Å². The first kappa shape index (κ1) is 15.2. The molecule has 1 fully saturated rings. The number of hydrogen-bond acceptors (Lipinski definition) is 3. The Labute approximate surface area is 114 Å². The largest absolute Gasteiger partial charge is 0.352 e. The van der Waals surface area contributed by atoms with Crippen LogP contribution in [0, 0.1) is 17.2 Å². The summed E-state index contributed by atoms with van der Waals surface area (Å²) >= 11 is 0. The third-order valence-electron chi connectivity index (χ3n) is 3.18. The molecule has 0 saturated carbocycles. The molecule has 0 atom stereocenters. The number of amides is 2. The van der Waals surface area contributed by atoms with E-state index in [-0.39, 0.29) is 18.2 Å². The van der Waals surface area contributed by atoms with Gasteiger partial charge in [-0.2, -0.15) is 5.26 Å². The Bertz CT molecular complexity index is 397. The molecule has 0 spiro atoms. The Morgan fingerprint density at radius 1 is 1.37 bits per heavy atom. The number of rotatable bonds is 4. The molecule has 0 aromatic rings. The summed E-state index contributed by atoms with van der Waals surface area (Å²) in [5.41, 5.74) is 0.981. The van der Waals surface area contributed by atoms with Crippen LogP contribution in [0.3, 0.4) is 0 Å². The van der Waals surface area contributed by atoms with Gasteiger partial charge >= 0.3 is 0 Å². The van der Waals surface area contributed by atoms with Crippen LogP contribution < -0.4 is 5.32 Å². The minimum absolute atomic E-state index is 0.0397. The van der Waals surface area contributed by atoms with Crippen LogP contribution in [0.2, 0.25) is 0 Å². The molecule has 0 radical (unpaired) electrons. The van der Waals surface area contributed by atoms with Gasteiger partial charge in [0.05, 0.1) is 6.07 Å². The predicted octanol–water partition coefficient (Wildman–Crippen LogP) is 1.22. The van der Waals surface area contributed by atoms with Crippen LogP contribution in [0.25, 0.3) is 0 Å². The quantitative estimate of drug-likeness (QED) is 0.775. The third-order valence-corrected chi connectivity index (χ3v) is 3.18. The van der Waals surface area contributed by atoms with Gasteiger partial charge in [-0.1, -0.05) is 5.57 Å². The number of hydrogen-bond donors (Lipinski definition) is 1. The van der Waals surface area contributed by atoms with Crippen molar-refractivity contribution >= 4 is 11.8 Å². The van der Waals surface area contributed by atoms with Gasteiger partial charge < -0.3 is 10.2 Å². The first-order valence-electron chi connectivity index (χ1n) is 6.60. The van der Waals surface area contributed by atoms with Crippen LogP contribution >= 0.6 is 0 Å². The van der Waals surface area contributed by atoms with Crippen LogP contribution in [0.15, 0.2) is 11.6 Å². The molecule has 0 aromatic heterocycles.